The van der Waals surface area contributed by atoms with Gasteiger partial charge in [-0.2, -0.15) is 0 Å². The smallest absolute Gasteiger partial charge is 0.130 e. The summed E-state index contributed by atoms with van der Waals surface area (Å²) in [5.41, 5.74) is 1.01. The molecular weight excluding hydrogens is 242 g/mol. The third-order valence-corrected chi connectivity index (χ3v) is 2.20. The minimum absolute atomic E-state index is 0.575. The maximum absolute atomic E-state index is 5.15. The molecule has 0 heterocycles. The fraction of sp³-hybridized carbons (Fsp3) is 0.727. The summed E-state index contributed by atoms with van der Waals surface area (Å²) >= 11 is 3.34. The number of allylic oxidation sites excluding steroid dienone is 1. The SMILES string of the molecule is C=C(O/N=C(/C)CCBr)C1CC1.CC. The van der Waals surface area contributed by atoms with Crippen LogP contribution in [0.3, 0.4) is 0 Å². The zero-order valence-electron chi connectivity index (χ0n) is 9.35. The number of hydrogen-bond acceptors (Lipinski definition) is 2. The summed E-state index contributed by atoms with van der Waals surface area (Å²) in [4.78, 5) is 5.15. The molecule has 0 bridgehead atoms. The first-order chi connectivity index (χ1) is 6.74. The summed E-state index contributed by atoms with van der Waals surface area (Å²) in [5.74, 6) is 1.40. The number of halogens is 1. The average molecular weight is 262 g/mol. The van der Waals surface area contributed by atoms with Crippen molar-refractivity contribution < 1.29 is 4.84 Å². The molecule has 0 aliphatic heterocycles. The Labute approximate surface area is 95.5 Å². The van der Waals surface area contributed by atoms with Gasteiger partial charge in [0.15, 0.2) is 0 Å². The molecule has 1 fully saturated rings. The van der Waals surface area contributed by atoms with E-state index in [-0.39, 0.29) is 0 Å². The summed E-state index contributed by atoms with van der Waals surface area (Å²) in [5, 5.41) is 4.89. The Morgan fingerprint density at radius 3 is 2.50 bits per heavy atom. The van der Waals surface area contributed by atoms with Gasteiger partial charge < -0.3 is 4.84 Å². The summed E-state index contributed by atoms with van der Waals surface area (Å²) in [6.45, 7) is 9.77. The summed E-state index contributed by atoms with van der Waals surface area (Å²) in [6, 6.07) is 0. The van der Waals surface area contributed by atoms with Gasteiger partial charge in [-0.3, -0.25) is 0 Å². The molecule has 0 spiro atoms. The molecule has 0 aromatic rings. The molecule has 0 radical (unpaired) electrons. The van der Waals surface area contributed by atoms with Gasteiger partial charge in [0.2, 0.25) is 0 Å². The molecule has 1 aliphatic rings. The molecule has 14 heavy (non-hydrogen) atoms. The fourth-order valence-corrected chi connectivity index (χ4v) is 1.37. The second-order valence-corrected chi connectivity index (χ2v) is 3.89. The van der Waals surface area contributed by atoms with E-state index < -0.39 is 0 Å². The van der Waals surface area contributed by atoms with E-state index in [1.807, 2.05) is 20.8 Å². The highest BCUT2D eigenvalue weighted by molar-refractivity contribution is 9.09. The normalized spacial score (nSPS) is 15.6. The third-order valence-electron chi connectivity index (χ3n) is 1.81. The van der Waals surface area contributed by atoms with Gasteiger partial charge in [0, 0.05) is 11.2 Å². The lowest BCUT2D eigenvalue weighted by atomic mass is 10.3. The van der Waals surface area contributed by atoms with Gasteiger partial charge in [-0.25, -0.2) is 0 Å². The van der Waals surface area contributed by atoms with Crippen LogP contribution in [-0.4, -0.2) is 11.0 Å². The molecule has 0 N–H and O–H groups in total. The molecule has 0 amide bonds. The molecule has 0 atom stereocenters. The van der Waals surface area contributed by atoms with Gasteiger partial charge in [-0.15, -0.1) is 0 Å². The molecule has 1 rings (SSSR count). The van der Waals surface area contributed by atoms with Gasteiger partial charge in [-0.1, -0.05) is 41.5 Å². The van der Waals surface area contributed by atoms with Crippen LogP contribution in [0.2, 0.25) is 0 Å². The lowest BCUT2D eigenvalue weighted by Gasteiger charge is -2.01. The maximum atomic E-state index is 5.15. The van der Waals surface area contributed by atoms with E-state index in [0.29, 0.717) is 5.92 Å². The second kappa shape index (κ2) is 8.04. The quantitative estimate of drug-likeness (QED) is 0.316. The van der Waals surface area contributed by atoms with Gasteiger partial charge in [0.05, 0.1) is 5.71 Å². The van der Waals surface area contributed by atoms with Crippen LogP contribution in [-0.2, 0) is 4.84 Å². The van der Waals surface area contributed by atoms with Crippen molar-refractivity contribution in [3.05, 3.63) is 12.3 Å². The van der Waals surface area contributed by atoms with E-state index in [9.17, 15) is 0 Å². The van der Waals surface area contributed by atoms with Crippen molar-refractivity contribution >= 4 is 21.6 Å². The van der Waals surface area contributed by atoms with Crippen molar-refractivity contribution in [3.63, 3.8) is 0 Å². The zero-order valence-corrected chi connectivity index (χ0v) is 10.9. The van der Waals surface area contributed by atoms with Gasteiger partial charge in [-0.05, 0) is 26.2 Å². The first-order valence-electron chi connectivity index (χ1n) is 5.19. The van der Waals surface area contributed by atoms with Gasteiger partial charge >= 0.3 is 0 Å². The van der Waals surface area contributed by atoms with E-state index in [1.54, 1.807) is 0 Å². The Morgan fingerprint density at radius 2 is 2.07 bits per heavy atom. The Hall–Kier alpha value is -0.310. The fourth-order valence-electron chi connectivity index (χ4n) is 0.799. The summed E-state index contributed by atoms with van der Waals surface area (Å²) in [7, 11) is 0. The maximum Gasteiger partial charge on any atom is 0.130 e. The largest absolute Gasteiger partial charge is 0.362 e. The third kappa shape index (κ3) is 6.19. The Bertz CT molecular complexity index is 197. The number of alkyl halides is 1. The number of rotatable bonds is 5. The molecule has 1 saturated carbocycles. The van der Waals surface area contributed by atoms with Crippen LogP contribution < -0.4 is 0 Å². The topological polar surface area (TPSA) is 21.6 Å². The highest BCUT2D eigenvalue weighted by Gasteiger charge is 2.26. The molecule has 2 nitrogen and oxygen atoms in total. The van der Waals surface area contributed by atoms with Crippen LogP contribution in [0.15, 0.2) is 17.5 Å². The Balaban J connectivity index is 0.000000791. The van der Waals surface area contributed by atoms with Gasteiger partial charge in [0.1, 0.15) is 5.76 Å². The predicted octanol–water partition coefficient (Wildman–Crippen LogP) is 4.11. The average Bonchev–Trinajstić information content (AvgIpc) is 3.01. The molecule has 3 heteroatoms. The highest BCUT2D eigenvalue weighted by Crippen LogP contribution is 2.35. The van der Waals surface area contributed by atoms with Gasteiger partial charge in [0.25, 0.3) is 0 Å². The second-order valence-electron chi connectivity index (χ2n) is 3.10. The monoisotopic (exact) mass is 261 g/mol. The highest BCUT2D eigenvalue weighted by atomic mass is 79.9. The number of nitrogens with zero attached hydrogens (tertiary/aromatic N) is 1. The van der Waals surface area contributed by atoms with E-state index in [1.165, 1.54) is 12.8 Å². The summed E-state index contributed by atoms with van der Waals surface area (Å²) < 4.78 is 0. The lowest BCUT2D eigenvalue weighted by Crippen LogP contribution is -1.95. The zero-order chi connectivity index (χ0) is 11.0. The standard InChI is InChI=1S/C9H14BrNO.C2H6/c1-7(5-6-10)11-12-8(2)9-3-4-9;1-2/h9H,2-6H2,1H3;1-2H3/b11-7-;. The van der Waals surface area contributed by atoms with Crippen molar-refractivity contribution in [3.8, 4) is 0 Å². The lowest BCUT2D eigenvalue weighted by molar-refractivity contribution is 0.211. The minimum Gasteiger partial charge on any atom is -0.362 e. The first-order valence-corrected chi connectivity index (χ1v) is 6.31. The van der Waals surface area contributed by atoms with Crippen LogP contribution in [0.1, 0.15) is 40.0 Å². The van der Waals surface area contributed by atoms with E-state index in [4.69, 9.17) is 4.84 Å². The molecule has 0 saturated heterocycles. The molecule has 0 unspecified atom stereocenters. The Morgan fingerprint density at radius 1 is 1.50 bits per heavy atom. The van der Waals surface area contributed by atoms with Crippen molar-refractivity contribution in [1.29, 1.82) is 0 Å². The summed E-state index contributed by atoms with van der Waals surface area (Å²) in [6.07, 6.45) is 3.36. The molecular formula is C11H20BrNO. The van der Waals surface area contributed by atoms with Crippen LogP contribution in [0.4, 0.5) is 0 Å². The molecule has 0 aromatic carbocycles. The molecule has 1 aliphatic carbocycles. The first kappa shape index (κ1) is 13.7. The van der Waals surface area contributed by atoms with E-state index in [0.717, 1.165) is 23.2 Å². The molecule has 0 aromatic heterocycles. The van der Waals surface area contributed by atoms with E-state index >= 15 is 0 Å². The van der Waals surface area contributed by atoms with Crippen LogP contribution >= 0.6 is 15.9 Å². The van der Waals surface area contributed by atoms with Crippen LogP contribution in [0.5, 0.6) is 0 Å². The molecule has 82 valence electrons. The van der Waals surface area contributed by atoms with Crippen molar-refractivity contribution in [2.75, 3.05) is 5.33 Å². The van der Waals surface area contributed by atoms with Crippen LogP contribution in [0, 0.1) is 5.92 Å². The van der Waals surface area contributed by atoms with Crippen molar-refractivity contribution in [2.45, 2.75) is 40.0 Å². The van der Waals surface area contributed by atoms with Crippen molar-refractivity contribution in [1.82, 2.24) is 0 Å². The Kier molecular flexibility index (Phi) is 7.86. The van der Waals surface area contributed by atoms with E-state index in [2.05, 4.69) is 27.7 Å². The minimum atomic E-state index is 0.575. The number of hydrogen-bond donors (Lipinski definition) is 0. The predicted molar refractivity (Wildman–Crippen MR) is 65.8 cm³/mol. The number of oxime groups is 1. The van der Waals surface area contributed by atoms with Crippen molar-refractivity contribution in [2.24, 2.45) is 11.1 Å². The van der Waals surface area contributed by atoms with Crippen LogP contribution in [0.25, 0.3) is 0 Å².